The number of aryl methyl sites for hydroxylation is 1. The molecule has 0 aliphatic rings. The summed E-state index contributed by atoms with van der Waals surface area (Å²) < 4.78 is 0.936. The van der Waals surface area contributed by atoms with Crippen molar-refractivity contribution in [1.82, 2.24) is 10.3 Å². The number of nitrogens with zero attached hydrogens (tertiary/aromatic N) is 2. The van der Waals surface area contributed by atoms with Crippen molar-refractivity contribution in [2.75, 3.05) is 25.0 Å². The lowest BCUT2D eigenvalue weighted by atomic mass is 10.3. The van der Waals surface area contributed by atoms with Crippen LogP contribution in [0.1, 0.15) is 18.9 Å². The van der Waals surface area contributed by atoms with E-state index in [0.29, 0.717) is 6.54 Å². The fraction of sp³-hybridized carbons (Fsp3) is 0.500. The molecule has 1 aromatic heterocycles. The maximum absolute atomic E-state index is 11.6. The maximum atomic E-state index is 11.6. The van der Waals surface area contributed by atoms with E-state index in [1.165, 1.54) is 0 Å². The Bertz CT molecular complexity index is 395. The van der Waals surface area contributed by atoms with E-state index in [-0.39, 0.29) is 5.91 Å². The molecule has 0 saturated heterocycles. The highest BCUT2D eigenvalue weighted by molar-refractivity contribution is 9.10. The van der Waals surface area contributed by atoms with Gasteiger partial charge in [0, 0.05) is 19.8 Å². The standard InChI is InChI=1S/C12H18BrN3O/c1-4-6-14-10(17)8-16(3)12-11(13)9(2)5-7-15-12/h5,7H,4,6,8H2,1-3H3,(H,14,17). The molecule has 5 heteroatoms. The van der Waals surface area contributed by atoms with Crippen LogP contribution in [0.4, 0.5) is 5.82 Å². The number of hydrogen-bond donors (Lipinski definition) is 1. The van der Waals surface area contributed by atoms with Gasteiger partial charge in [0.2, 0.25) is 5.91 Å². The zero-order chi connectivity index (χ0) is 12.8. The summed E-state index contributed by atoms with van der Waals surface area (Å²) in [6.07, 6.45) is 2.69. The van der Waals surface area contributed by atoms with Crippen LogP contribution in [-0.2, 0) is 4.79 Å². The highest BCUT2D eigenvalue weighted by Gasteiger charge is 2.12. The second-order valence-corrected chi connectivity index (χ2v) is 4.76. The van der Waals surface area contributed by atoms with E-state index < -0.39 is 0 Å². The maximum Gasteiger partial charge on any atom is 0.239 e. The summed E-state index contributed by atoms with van der Waals surface area (Å²) in [7, 11) is 1.86. The Morgan fingerprint density at radius 3 is 2.94 bits per heavy atom. The summed E-state index contributed by atoms with van der Waals surface area (Å²) in [5.41, 5.74) is 1.11. The Balaban J connectivity index is 2.66. The number of carbonyl (C=O) groups is 1. The topological polar surface area (TPSA) is 45.2 Å². The van der Waals surface area contributed by atoms with Crippen LogP contribution in [0.15, 0.2) is 16.7 Å². The molecule has 0 radical (unpaired) electrons. The van der Waals surface area contributed by atoms with Gasteiger partial charge in [-0.1, -0.05) is 6.92 Å². The second kappa shape index (κ2) is 6.59. The van der Waals surface area contributed by atoms with E-state index in [1.54, 1.807) is 6.20 Å². The Morgan fingerprint density at radius 2 is 2.29 bits per heavy atom. The molecule has 1 amide bonds. The first-order chi connectivity index (χ1) is 8.06. The minimum atomic E-state index is 0.0181. The lowest BCUT2D eigenvalue weighted by Crippen LogP contribution is -2.36. The molecule has 94 valence electrons. The highest BCUT2D eigenvalue weighted by Crippen LogP contribution is 2.25. The fourth-order valence-electron chi connectivity index (χ4n) is 1.40. The molecule has 17 heavy (non-hydrogen) atoms. The first kappa shape index (κ1) is 14.0. The van der Waals surface area contributed by atoms with Crippen molar-refractivity contribution in [3.8, 4) is 0 Å². The second-order valence-electron chi connectivity index (χ2n) is 3.97. The molecule has 1 heterocycles. The van der Waals surface area contributed by atoms with Gasteiger partial charge in [-0.15, -0.1) is 0 Å². The van der Waals surface area contributed by atoms with Crippen LogP contribution in [0.3, 0.4) is 0 Å². The van der Waals surface area contributed by atoms with Crippen molar-refractivity contribution in [3.63, 3.8) is 0 Å². The molecule has 0 saturated carbocycles. The van der Waals surface area contributed by atoms with Gasteiger partial charge in [-0.25, -0.2) is 4.98 Å². The van der Waals surface area contributed by atoms with E-state index >= 15 is 0 Å². The molecular formula is C12H18BrN3O. The van der Waals surface area contributed by atoms with Crippen LogP contribution in [-0.4, -0.2) is 31.0 Å². The lowest BCUT2D eigenvalue weighted by molar-refractivity contribution is -0.119. The average molecular weight is 300 g/mol. The average Bonchev–Trinajstić information content (AvgIpc) is 2.29. The van der Waals surface area contributed by atoms with E-state index in [1.807, 2.05) is 31.9 Å². The number of anilines is 1. The van der Waals surface area contributed by atoms with Gasteiger partial charge < -0.3 is 10.2 Å². The predicted molar refractivity (Wildman–Crippen MR) is 73.2 cm³/mol. The molecule has 1 rings (SSSR count). The van der Waals surface area contributed by atoms with Crippen molar-refractivity contribution in [3.05, 3.63) is 22.3 Å². The zero-order valence-corrected chi connectivity index (χ0v) is 12.0. The van der Waals surface area contributed by atoms with Crippen LogP contribution in [0, 0.1) is 6.92 Å². The van der Waals surface area contributed by atoms with Gasteiger partial charge in [0.15, 0.2) is 0 Å². The number of aromatic nitrogens is 1. The van der Waals surface area contributed by atoms with Crippen LogP contribution in [0.2, 0.25) is 0 Å². The first-order valence-corrected chi connectivity index (χ1v) is 6.44. The number of nitrogens with one attached hydrogen (secondary N) is 1. The Hall–Kier alpha value is -1.10. The van der Waals surface area contributed by atoms with Gasteiger partial charge in [-0.2, -0.15) is 0 Å². The van der Waals surface area contributed by atoms with E-state index in [9.17, 15) is 4.79 Å². The summed E-state index contributed by atoms with van der Waals surface area (Å²) in [5.74, 6) is 0.807. The molecule has 0 aromatic carbocycles. The molecule has 0 bridgehead atoms. The van der Waals surface area contributed by atoms with Crippen LogP contribution < -0.4 is 10.2 Å². The molecular weight excluding hydrogens is 282 g/mol. The summed E-state index contributed by atoms with van der Waals surface area (Å²) in [6, 6.07) is 1.93. The quantitative estimate of drug-likeness (QED) is 0.906. The fourth-order valence-corrected chi connectivity index (χ4v) is 1.94. The molecule has 0 aliphatic heterocycles. The van der Waals surface area contributed by atoms with Gasteiger partial charge in [0.25, 0.3) is 0 Å². The molecule has 1 N–H and O–H groups in total. The lowest BCUT2D eigenvalue weighted by Gasteiger charge is -2.19. The Morgan fingerprint density at radius 1 is 1.59 bits per heavy atom. The normalized spacial score (nSPS) is 10.1. The largest absolute Gasteiger partial charge is 0.355 e. The number of hydrogen-bond acceptors (Lipinski definition) is 3. The van der Waals surface area contributed by atoms with Crippen molar-refractivity contribution < 1.29 is 4.79 Å². The number of halogens is 1. The van der Waals surface area contributed by atoms with E-state index in [2.05, 4.69) is 26.2 Å². The minimum Gasteiger partial charge on any atom is -0.355 e. The number of amides is 1. The third kappa shape index (κ3) is 4.00. The van der Waals surface area contributed by atoms with Crippen LogP contribution >= 0.6 is 15.9 Å². The van der Waals surface area contributed by atoms with E-state index in [4.69, 9.17) is 0 Å². The predicted octanol–water partition coefficient (Wildman–Crippen LogP) is 2.11. The Labute approximate surface area is 111 Å². The smallest absolute Gasteiger partial charge is 0.239 e. The molecule has 0 fully saturated rings. The number of rotatable bonds is 5. The minimum absolute atomic E-state index is 0.0181. The van der Waals surface area contributed by atoms with Gasteiger partial charge in [0.1, 0.15) is 5.82 Å². The number of likely N-dealkylation sites (N-methyl/N-ethyl adjacent to an activating group) is 1. The monoisotopic (exact) mass is 299 g/mol. The van der Waals surface area contributed by atoms with Gasteiger partial charge >= 0.3 is 0 Å². The zero-order valence-electron chi connectivity index (χ0n) is 10.5. The van der Waals surface area contributed by atoms with Crippen LogP contribution in [0.5, 0.6) is 0 Å². The number of carbonyl (C=O) groups excluding carboxylic acids is 1. The first-order valence-electron chi connectivity index (χ1n) is 5.65. The Kier molecular flexibility index (Phi) is 5.41. The molecule has 0 aliphatic carbocycles. The van der Waals surface area contributed by atoms with Gasteiger partial charge in [-0.05, 0) is 40.9 Å². The third-order valence-electron chi connectivity index (χ3n) is 2.38. The third-order valence-corrected chi connectivity index (χ3v) is 3.36. The van der Waals surface area contributed by atoms with Gasteiger partial charge in [0.05, 0.1) is 11.0 Å². The molecule has 0 atom stereocenters. The van der Waals surface area contributed by atoms with Crippen molar-refractivity contribution in [2.24, 2.45) is 0 Å². The molecule has 0 unspecified atom stereocenters. The highest BCUT2D eigenvalue weighted by atomic mass is 79.9. The summed E-state index contributed by atoms with van der Waals surface area (Å²) >= 11 is 3.49. The van der Waals surface area contributed by atoms with Crippen molar-refractivity contribution >= 4 is 27.7 Å². The summed E-state index contributed by atoms with van der Waals surface area (Å²) in [4.78, 5) is 17.7. The van der Waals surface area contributed by atoms with Crippen LogP contribution in [0.25, 0.3) is 0 Å². The van der Waals surface area contributed by atoms with Crippen molar-refractivity contribution in [1.29, 1.82) is 0 Å². The molecule has 4 nitrogen and oxygen atoms in total. The molecule has 1 aromatic rings. The summed E-state index contributed by atoms with van der Waals surface area (Å²) in [6.45, 7) is 5.06. The molecule has 0 spiro atoms. The van der Waals surface area contributed by atoms with Gasteiger partial charge in [-0.3, -0.25) is 4.79 Å². The number of pyridine rings is 1. The van der Waals surface area contributed by atoms with E-state index in [0.717, 1.165) is 28.8 Å². The summed E-state index contributed by atoms with van der Waals surface area (Å²) in [5, 5.41) is 2.84. The van der Waals surface area contributed by atoms with Crippen molar-refractivity contribution in [2.45, 2.75) is 20.3 Å². The SMILES string of the molecule is CCCNC(=O)CN(C)c1nccc(C)c1Br.